The number of aliphatic hydroxyl groups excluding tert-OH is 1. The van der Waals surface area contributed by atoms with Gasteiger partial charge >= 0.3 is 5.97 Å². The number of amides is 1. The summed E-state index contributed by atoms with van der Waals surface area (Å²) in [6.45, 7) is 0. The molecular weight excluding hydrogens is 426 g/mol. The molecule has 3 rings (SSSR count). The highest BCUT2D eigenvalue weighted by atomic mass is 35.5. The molecule has 5 nitrogen and oxygen atoms in total. The van der Waals surface area contributed by atoms with E-state index >= 15 is 0 Å². The van der Waals surface area contributed by atoms with Crippen molar-refractivity contribution in [1.82, 2.24) is 0 Å². The van der Waals surface area contributed by atoms with Gasteiger partial charge in [0.15, 0.2) is 0 Å². The van der Waals surface area contributed by atoms with Gasteiger partial charge in [-0.2, -0.15) is 0 Å². The molecule has 0 saturated heterocycles. The topological polar surface area (TPSA) is 75.6 Å². The van der Waals surface area contributed by atoms with E-state index in [0.29, 0.717) is 16.8 Å². The molecule has 2 N–H and O–H groups in total. The maximum Gasteiger partial charge on any atom is 0.305 e. The van der Waals surface area contributed by atoms with Crippen LogP contribution in [0.5, 0.6) is 0 Å². The van der Waals surface area contributed by atoms with Crippen molar-refractivity contribution >= 4 is 29.2 Å². The van der Waals surface area contributed by atoms with Gasteiger partial charge in [0.05, 0.1) is 7.11 Å². The zero-order valence-electron chi connectivity index (χ0n) is 17.8. The number of methoxy groups -OCH3 is 1. The Hall–Kier alpha value is -3.15. The van der Waals surface area contributed by atoms with E-state index in [9.17, 15) is 14.7 Å². The number of halogens is 1. The third kappa shape index (κ3) is 5.96. The lowest BCUT2D eigenvalue weighted by Gasteiger charge is -2.27. The first-order valence-corrected chi connectivity index (χ1v) is 10.7. The van der Waals surface area contributed by atoms with E-state index in [1.165, 1.54) is 7.11 Å². The second-order valence-electron chi connectivity index (χ2n) is 7.56. The van der Waals surface area contributed by atoms with Crippen molar-refractivity contribution in [3.05, 3.63) is 102 Å². The first-order valence-electron chi connectivity index (χ1n) is 10.4. The minimum Gasteiger partial charge on any atom is -0.469 e. The monoisotopic (exact) mass is 451 g/mol. The third-order valence-corrected chi connectivity index (χ3v) is 5.80. The van der Waals surface area contributed by atoms with E-state index in [2.05, 4.69) is 5.32 Å². The normalized spacial score (nSPS) is 13.6. The summed E-state index contributed by atoms with van der Waals surface area (Å²) in [5.74, 6) is -0.879. The number of benzene rings is 3. The Labute approximate surface area is 193 Å². The highest BCUT2D eigenvalue weighted by molar-refractivity contribution is 6.36. The van der Waals surface area contributed by atoms with E-state index in [4.69, 9.17) is 16.3 Å². The standard InChI is InChI=1S/C26H26ClNO4/c1-32-23(29)16-17-26(27,18-19-10-4-2-5-11-19)25(31)28-22-15-9-8-14-21(22)24(30)20-12-6-3-7-13-20/h2-15,24,30H,16-18H2,1H3,(H,28,31). The molecule has 3 aromatic rings. The SMILES string of the molecule is COC(=O)CCC(Cl)(Cc1ccccc1)C(=O)Nc1ccccc1C(O)c1ccccc1. The number of para-hydroxylation sites is 1. The molecule has 0 aliphatic carbocycles. The smallest absolute Gasteiger partial charge is 0.305 e. The number of ether oxygens (including phenoxy) is 1. The van der Waals surface area contributed by atoms with Crippen molar-refractivity contribution < 1.29 is 19.4 Å². The Bertz CT molecular complexity index is 1040. The number of esters is 1. The summed E-state index contributed by atoms with van der Waals surface area (Å²) >= 11 is 6.84. The number of nitrogens with one attached hydrogen (secondary N) is 1. The molecule has 0 aliphatic heterocycles. The number of carbonyl (C=O) groups excluding carboxylic acids is 2. The van der Waals surface area contributed by atoms with E-state index in [1.54, 1.807) is 24.3 Å². The van der Waals surface area contributed by atoms with Crippen LogP contribution >= 0.6 is 11.6 Å². The summed E-state index contributed by atoms with van der Waals surface area (Å²) in [5.41, 5.74) is 2.60. The molecule has 3 aromatic carbocycles. The van der Waals surface area contributed by atoms with Crippen molar-refractivity contribution in [2.75, 3.05) is 12.4 Å². The van der Waals surface area contributed by atoms with Crippen LogP contribution in [0.1, 0.15) is 35.6 Å². The van der Waals surface area contributed by atoms with Gasteiger partial charge in [-0.3, -0.25) is 9.59 Å². The fourth-order valence-corrected chi connectivity index (χ4v) is 3.80. The molecular formula is C26H26ClNO4. The van der Waals surface area contributed by atoms with Gasteiger partial charge in [-0.05, 0) is 23.6 Å². The number of hydrogen-bond donors (Lipinski definition) is 2. The number of aliphatic hydroxyl groups is 1. The van der Waals surface area contributed by atoms with E-state index in [0.717, 1.165) is 5.56 Å². The zero-order chi connectivity index (χ0) is 23.0. The van der Waals surface area contributed by atoms with Crippen LogP contribution in [0.4, 0.5) is 5.69 Å². The van der Waals surface area contributed by atoms with Crippen LogP contribution in [-0.4, -0.2) is 29.0 Å². The van der Waals surface area contributed by atoms with E-state index in [1.807, 2.05) is 60.7 Å². The lowest BCUT2D eigenvalue weighted by atomic mass is 9.92. The molecule has 1 amide bonds. The summed E-state index contributed by atoms with van der Waals surface area (Å²) < 4.78 is 4.73. The van der Waals surface area contributed by atoms with Crippen LogP contribution in [0.25, 0.3) is 0 Å². The molecule has 0 heterocycles. The molecule has 0 bridgehead atoms. The van der Waals surface area contributed by atoms with Gasteiger partial charge in [0.2, 0.25) is 5.91 Å². The first-order chi connectivity index (χ1) is 15.4. The van der Waals surface area contributed by atoms with Crippen molar-refractivity contribution in [3.63, 3.8) is 0 Å². The average Bonchev–Trinajstić information content (AvgIpc) is 2.83. The Morgan fingerprint density at radius 1 is 0.969 bits per heavy atom. The van der Waals surface area contributed by atoms with Crippen molar-refractivity contribution in [2.45, 2.75) is 30.2 Å². The predicted molar refractivity (Wildman–Crippen MR) is 126 cm³/mol. The Morgan fingerprint density at radius 3 is 2.22 bits per heavy atom. The van der Waals surface area contributed by atoms with Crippen molar-refractivity contribution in [1.29, 1.82) is 0 Å². The minimum atomic E-state index is -1.37. The molecule has 0 fully saturated rings. The summed E-state index contributed by atoms with van der Waals surface area (Å²) in [6.07, 6.45) is -0.566. The maximum absolute atomic E-state index is 13.4. The first kappa shape index (κ1) is 23.5. The lowest BCUT2D eigenvalue weighted by Crippen LogP contribution is -2.40. The molecule has 2 unspecified atom stereocenters. The summed E-state index contributed by atoms with van der Waals surface area (Å²) in [6, 6.07) is 25.6. The Morgan fingerprint density at radius 2 is 1.56 bits per heavy atom. The number of carbonyl (C=O) groups is 2. The van der Waals surface area contributed by atoms with Crippen LogP contribution in [0, 0.1) is 0 Å². The van der Waals surface area contributed by atoms with Gasteiger partial charge in [-0.1, -0.05) is 78.9 Å². The number of anilines is 1. The number of rotatable bonds is 9. The van der Waals surface area contributed by atoms with Gasteiger partial charge in [0.1, 0.15) is 11.0 Å². The fourth-order valence-electron chi connectivity index (χ4n) is 3.50. The van der Waals surface area contributed by atoms with Crippen LogP contribution < -0.4 is 5.32 Å². The molecule has 6 heteroatoms. The third-order valence-electron chi connectivity index (χ3n) is 5.31. The van der Waals surface area contributed by atoms with Gasteiger partial charge in [0, 0.05) is 24.1 Å². The second kappa shape index (κ2) is 10.9. The maximum atomic E-state index is 13.4. The quantitative estimate of drug-likeness (QED) is 0.359. The summed E-state index contributed by atoms with van der Waals surface area (Å²) in [4.78, 5) is 23.7. The lowest BCUT2D eigenvalue weighted by molar-refractivity contribution is -0.140. The van der Waals surface area contributed by atoms with Crippen LogP contribution in [0.2, 0.25) is 0 Å². The Balaban J connectivity index is 1.86. The fraction of sp³-hybridized carbons (Fsp3) is 0.231. The number of hydrogen-bond acceptors (Lipinski definition) is 4. The van der Waals surface area contributed by atoms with Crippen molar-refractivity contribution in [2.24, 2.45) is 0 Å². The summed E-state index contributed by atoms with van der Waals surface area (Å²) in [7, 11) is 1.30. The van der Waals surface area contributed by atoms with E-state index in [-0.39, 0.29) is 19.3 Å². The minimum absolute atomic E-state index is 0.00847. The van der Waals surface area contributed by atoms with Crippen LogP contribution in [0.3, 0.4) is 0 Å². The summed E-state index contributed by atoms with van der Waals surface area (Å²) in [5, 5.41) is 13.8. The predicted octanol–water partition coefficient (Wildman–Crippen LogP) is 4.88. The van der Waals surface area contributed by atoms with Crippen LogP contribution in [0.15, 0.2) is 84.9 Å². The van der Waals surface area contributed by atoms with E-state index < -0.39 is 22.9 Å². The molecule has 0 aromatic heterocycles. The molecule has 0 saturated carbocycles. The number of alkyl halides is 1. The average molecular weight is 452 g/mol. The molecule has 0 aliphatic rings. The van der Waals surface area contributed by atoms with Gasteiger partial charge in [0.25, 0.3) is 0 Å². The largest absolute Gasteiger partial charge is 0.469 e. The van der Waals surface area contributed by atoms with Gasteiger partial charge in [-0.25, -0.2) is 0 Å². The second-order valence-corrected chi connectivity index (χ2v) is 8.28. The highest BCUT2D eigenvalue weighted by Crippen LogP contribution is 2.32. The highest BCUT2D eigenvalue weighted by Gasteiger charge is 2.37. The molecule has 2 atom stereocenters. The van der Waals surface area contributed by atoms with Crippen LogP contribution in [-0.2, 0) is 20.7 Å². The molecule has 0 radical (unpaired) electrons. The molecule has 166 valence electrons. The molecule has 0 spiro atoms. The van der Waals surface area contributed by atoms with Crippen molar-refractivity contribution in [3.8, 4) is 0 Å². The van der Waals surface area contributed by atoms with Gasteiger partial charge in [-0.15, -0.1) is 11.6 Å². The Kier molecular flexibility index (Phi) is 8.03. The zero-order valence-corrected chi connectivity index (χ0v) is 18.6. The molecule has 32 heavy (non-hydrogen) atoms. The van der Waals surface area contributed by atoms with Gasteiger partial charge < -0.3 is 15.2 Å².